The van der Waals surface area contributed by atoms with Gasteiger partial charge in [-0.25, -0.2) is 0 Å². The maximum Gasteiger partial charge on any atom is 0.0474 e. The molecule has 0 spiro atoms. The molecular formula is C16H27NO. The largest absolute Gasteiger partial charge is 0.396 e. The monoisotopic (exact) mass is 249 g/mol. The first-order valence-electron chi connectivity index (χ1n) is 6.65. The minimum atomic E-state index is 0.217. The summed E-state index contributed by atoms with van der Waals surface area (Å²) in [4.78, 5) is 2.22. The topological polar surface area (TPSA) is 23.5 Å². The Labute approximate surface area is 112 Å². The van der Waals surface area contributed by atoms with E-state index in [0.717, 1.165) is 0 Å². The van der Waals surface area contributed by atoms with Crippen molar-refractivity contribution in [2.75, 3.05) is 20.7 Å². The quantitative estimate of drug-likeness (QED) is 0.886. The van der Waals surface area contributed by atoms with E-state index in [1.165, 1.54) is 27.8 Å². The van der Waals surface area contributed by atoms with Crippen LogP contribution in [0.15, 0.2) is 6.07 Å². The highest BCUT2D eigenvalue weighted by Gasteiger charge is 2.25. The zero-order valence-electron chi connectivity index (χ0n) is 12.8. The summed E-state index contributed by atoms with van der Waals surface area (Å²) in [5, 5.41) is 9.51. The highest BCUT2D eigenvalue weighted by atomic mass is 16.3. The first-order valence-corrected chi connectivity index (χ1v) is 6.65. The van der Waals surface area contributed by atoms with Crippen LogP contribution < -0.4 is 0 Å². The van der Waals surface area contributed by atoms with Crippen LogP contribution in [0.2, 0.25) is 0 Å². The van der Waals surface area contributed by atoms with Gasteiger partial charge in [0.1, 0.15) is 0 Å². The van der Waals surface area contributed by atoms with Gasteiger partial charge in [0, 0.05) is 12.6 Å². The Kier molecular flexibility index (Phi) is 4.94. The number of nitrogens with zero attached hydrogens (tertiary/aromatic N) is 1. The Balaban J connectivity index is 3.45. The molecule has 2 atom stereocenters. The molecule has 102 valence electrons. The van der Waals surface area contributed by atoms with Gasteiger partial charge in [-0.2, -0.15) is 0 Å². The van der Waals surface area contributed by atoms with Gasteiger partial charge in [0.05, 0.1) is 0 Å². The van der Waals surface area contributed by atoms with E-state index < -0.39 is 0 Å². The van der Waals surface area contributed by atoms with Crippen molar-refractivity contribution in [2.45, 2.75) is 40.7 Å². The van der Waals surface area contributed by atoms with Crippen LogP contribution in [0.1, 0.15) is 40.8 Å². The van der Waals surface area contributed by atoms with Crippen LogP contribution >= 0.6 is 0 Å². The lowest BCUT2D eigenvalue weighted by Crippen LogP contribution is -2.29. The zero-order valence-corrected chi connectivity index (χ0v) is 12.8. The number of aliphatic hydroxyl groups excluding tert-OH is 1. The van der Waals surface area contributed by atoms with Crippen LogP contribution in [0.4, 0.5) is 0 Å². The summed E-state index contributed by atoms with van der Waals surface area (Å²) in [6, 6.07) is 2.53. The highest BCUT2D eigenvalue weighted by Crippen LogP contribution is 2.34. The maximum absolute atomic E-state index is 9.51. The average Bonchev–Trinajstić information content (AvgIpc) is 2.30. The molecule has 1 rings (SSSR count). The van der Waals surface area contributed by atoms with Crippen LogP contribution in [0.5, 0.6) is 0 Å². The molecule has 18 heavy (non-hydrogen) atoms. The fourth-order valence-corrected chi connectivity index (χ4v) is 2.84. The van der Waals surface area contributed by atoms with E-state index in [2.05, 4.69) is 59.7 Å². The molecular weight excluding hydrogens is 222 g/mol. The first kappa shape index (κ1) is 15.2. The highest BCUT2D eigenvalue weighted by molar-refractivity contribution is 5.46. The third kappa shape index (κ3) is 2.76. The molecule has 0 aliphatic carbocycles. The number of benzene rings is 1. The van der Waals surface area contributed by atoms with Gasteiger partial charge in [-0.15, -0.1) is 0 Å². The predicted molar refractivity (Wildman–Crippen MR) is 78.1 cm³/mol. The SMILES string of the molecule is Cc1cc(C)c(C)c(C(C(C)CO)N(C)C)c1C. The van der Waals surface area contributed by atoms with Crippen molar-refractivity contribution in [2.24, 2.45) is 5.92 Å². The summed E-state index contributed by atoms with van der Waals surface area (Å²) in [6.07, 6.45) is 0. The Morgan fingerprint density at radius 1 is 1.06 bits per heavy atom. The average molecular weight is 249 g/mol. The van der Waals surface area contributed by atoms with E-state index in [-0.39, 0.29) is 18.6 Å². The molecule has 1 N–H and O–H groups in total. The molecule has 0 bridgehead atoms. The van der Waals surface area contributed by atoms with Crippen LogP contribution in [0.25, 0.3) is 0 Å². The zero-order chi connectivity index (χ0) is 14.0. The minimum absolute atomic E-state index is 0.217. The summed E-state index contributed by atoms with van der Waals surface area (Å²) < 4.78 is 0. The van der Waals surface area contributed by atoms with Crippen molar-refractivity contribution in [1.82, 2.24) is 4.90 Å². The third-order valence-electron chi connectivity index (χ3n) is 4.10. The van der Waals surface area contributed by atoms with Crippen LogP contribution in [-0.2, 0) is 0 Å². The number of rotatable bonds is 4. The van der Waals surface area contributed by atoms with E-state index in [1.54, 1.807) is 0 Å². The predicted octanol–water partition coefficient (Wildman–Crippen LogP) is 3.15. The molecule has 2 nitrogen and oxygen atoms in total. The Morgan fingerprint density at radius 2 is 1.50 bits per heavy atom. The van der Waals surface area contributed by atoms with Gasteiger partial charge < -0.3 is 10.0 Å². The first-order chi connectivity index (χ1) is 8.31. The molecule has 0 fully saturated rings. The van der Waals surface area contributed by atoms with Crippen molar-refractivity contribution in [3.63, 3.8) is 0 Å². The Hall–Kier alpha value is -0.860. The molecule has 0 heterocycles. The number of hydrogen-bond acceptors (Lipinski definition) is 2. The second kappa shape index (κ2) is 5.85. The summed E-state index contributed by atoms with van der Waals surface area (Å²) in [5.41, 5.74) is 6.78. The van der Waals surface area contributed by atoms with E-state index in [0.29, 0.717) is 0 Å². The van der Waals surface area contributed by atoms with Crippen molar-refractivity contribution in [3.8, 4) is 0 Å². The molecule has 1 aromatic carbocycles. The smallest absolute Gasteiger partial charge is 0.0474 e. The van der Waals surface area contributed by atoms with Gasteiger partial charge in [-0.1, -0.05) is 13.0 Å². The molecule has 0 radical (unpaired) electrons. The molecule has 0 amide bonds. The molecule has 2 heteroatoms. The minimum Gasteiger partial charge on any atom is -0.396 e. The molecule has 0 aliphatic rings. The van der Waals surface area contributed by atoms with Gasteiger partial charge >= 0.3 is 0 Å². The fraction of sp³-hybridized carbons (Fsp3) is 0.625. The Bertz CT molecular complexity index is 397. The number of hydrogen-bond donors (Lipinski definition) is 1. The molecule has 0 saturated heterocycles. The van der Waals surface area contributed by atoms with Crippen molar-refractivity contribution >= 4 is 0 Å². The van der Waals surface area contributed by atoms with Crippen LogP contribution in [-0.4, -0.2) is 30.7 Å². The second-order valence-corrected chi connectivity index (χ2v) is 5.74. The second-order valence-electron chi connectivity index (χ2n) is 5.74. The fourth-order valence-electron chi connectivity index (χ4n) is 2.84. The van der Waals surface area contributed by atoms with Crippen molar-refractivity contribution in [3.05, 3.63) is 33.9 Å². The van der Waals surface area contributed by atoms with E-state index in [1.807, 2.05) is 0 Å². The lowest BCUT2D eigenvalue weighted by atomic mass is 9.84. The van der Waals surface area contributed by atoms with Crippen LogP contribution in [0, 0.1) is 33.6 Å². The van der Waals surface area contributed by atoms with Gasteiger partial charge in [0.25, 0.3) is 0 Å². The van der Waals surface area contributed by atoms with E-state index in [9.17, 15) is 5.11 Å². The Morgan fingerprint density at radius 3 is 1.83 bits per heavy atom. The molecule has 0 saturated carbocycles. The standard InChI is InChI=1S/C16H27NO/c1-10-8-11(2)14(5)15(13(10)4)16(17(6)7)12(3)9-18/h8,12,16,18H,9H2,1-7H3. The normalized spacial score (nSPS) is 14.9. The molecule has 0 aromatic heterocycles. The summed E-state index contributed by atoms with van der Waals surface area (Å²) >= 11 is 0. The molecule has 0 aliphatic heterocycles. The third-order valence-corrected chi connectivity index (χ3v) is 4.10. The lowest BCUT2D eigenvalue weighted by Gasteiger charge is -2.33. The maximum atomic E-state index is 9.51. The molecule has 1 aromatic rings. The van der Waals surface area contributed by atoms with Gasteiger partial charge in [0.2, 0.25) is 0 Å². The van der Waals surface area contributed by atoms with Crippen molar-refractivity contribution < 1.29 is 5.11 Å². The summed E-state index contributed by atoms with van der Waals surface area (Å²) in [5.74, 6) is 0.235. The van der Waals surface area contributed by atoms with Crippen molar-refractivity contribution in [1.29, 1.82) is 0 Å². The summed E-state index contributed by atoms with van der Waals surface area (Å²) in [6.45, 7) is 11.1. The van der Waals surface area contributed by atoms with Gasteiger partial charge in [-0.05, 0) is 75.5 Å². The van der Waals surface area contributed by atoms with Gasteiger partial charge in [-0.3, -0.25) is 0 Å². The lowest BCUT2D eigenvalue weighted by molar-refractivity contribution is 0.145. The van der Waals surface area contributed by atoms with Gasteiger partial charge in [0.15, 0.2) is 0 Å². The number of aliphatic hydroxyl groups is 1. The van der Waals surface area contributed by atoms with E-state index >= 15 is 0 Å². The van der Waals surface area contributed by atoms with E-state index in [4.69, 9.17) is 0 Å². The summed E-state index contributed by atoms with van der Waals surface area (Å²) in [7, 11) is 4.18. The molecule has 2 unspecified atom stereocenters. The number of aryl methyl sites for hydroxylation is 2. The van der Waals surface area contributed by atoms with Crippen LogP contribution in [0.3, 0.4) is 0 Å².